The summed E-state index contributed by atoms with van der Waals surface area (Å²) in [6, 6.07) is 4.12. The highest BCUT2D eigenvalue weighted by molar-refractivity contribution is 5.88. The van der Waals surface area contributed by atoms with Crippen LogP contribution in [-0.2, 0) is 11.0 Å². The predicted molar refractivity (Wildman–Crippen MR) is 72.6 cm³/mol. The second kappa shape index (κ2) is 5.82. The first-order chi connectivity index (χ1) is 10.2. The molecular weight excluding hydrogens is 301 g/mol. The summed E-state index contributed by atoms with van der Waals surface area (Å²) < 4.78 is 48.6. The van der Waals surface area contributed by atoms with Gasteiger partial charge in [0, 0.05) is 0 Å². The molecule has 0 spiro atoms. The van der Waals surface area contributed by atoms with Crippen molar-refractivity contribution >= 4 is 16.9 Å². The van der Waals surface area contributed by atoms with Crippen LogP contribution in [0.3, 0.4) is 0 Å². The van der Waals surface area contributed by atoms with Gasteiger partial charge in [0.05, 0.1) is 22.9 Å². The molecule has 1 heterocycles. The summed E-state index contributed by atoms with van der Waals surface area (Å²) >= 11 is 0. The molecule has 118 valence electrons. The Balaban J connectivity index is 2.62. The SMILES string of the molecule is CCC(C)C(=O)Oc1cc(=O)oc2c(C(F)(F)F)cccc12. The third-order valence-electron chi connectivity index (χ3n) is 3.26. The van der Waals surface area contributed by atoms with Gasteiger partial charge in [-0.1, -0.05) is 19.9 Å². The molecule has 0 amide bonds. The standard InChI is InChI=1S/C15H13F3O4/c1-3-8(2)14(20)21-11-7-12(19)22-13-9(11)5-4-6-10(13)15(16,17)18/h4-8H,3H2,1-2H3. The lowest BCUT2D eigenvalue weighted by Crippen LogP contribution is -2.18. The number of carbonyl (C=O) groups excluding carboxylic acids is 1. The van der Waals surface area contributed by atoms with Gasteiger partial charge in [-0.05, 0) is 18.6 Å². The van der Waals surface area contributed by atoms with Gasteiger partial charge in [-0.2, -0.15) is 13.2 Å². The second-order valence-corrected chi connectivity index (χ2v) is 4.84. The first kappa shape index (κ1) is 16.1. The Morgan fingerprint density at radius 1 is 1.36 bits per heavy atom. The second-order valence-electron chi connectivity index (χ2n) is 4.84. The highest BCUT2D eigenvalue weighted by Crippen LogP contribution is 2.36. The molecule has 2 aromatic rings. The van der Waals surface area contributed by atoms with Gasteiger partial charge in [0.2, 0.25) is 0 Å². The van der Waals surface area contributed by atoms with Crippen LogP contribution in [0.2, 0.25) is 0 Å². The van der Waals surface area contributed by atoms with Crippen LogP contribution in [0.15, 0.2) is 33.5 Å². The van der Waals surface area contributed by atoms with Gasteiger partial charge in [0.15, 0.2) is 5.58 Å². The van der Waals surface area contributed by atoms with Crippen LogP contribution in [0.5, 0.6) is 5.75 Å². The molecule has 1 aromatic carbocycles. The summed E-state index contributed by atoms with van der Waals surface area (Å²) in [5.41, 5.74) is -2.76. The first-order valence-corrected chi connectivity index (χ1v) is 6.59. The molecule has 1 unspecified atom stereocenters. The van der Waals surface area contributed by atoms with Crippen LogP contribution < -0.4 is 10.4 Å². The average molecular weight is 314 g/mol. The fourth-order valence-corrected chi connectivity index (χ4v) is 1.84. The number of esters is 1. The van der Waals surface area contributed by atoms with E-state index in [0.717, 1.165) is 18.2 Å². The van der Waals surface area contributed by atoms with E-state index in [4.69, 9.17) is 4.74 Å². The zero-order valence-electron chi connectivity index (χ0n) is 11.9. The van der Waals surface area contributed by atoms with Crippen molar-refractivity contribution in [2.24, 2.45) is 5.92 Å². The van der Waals surface area contributed by atoms with Crippen molar-refractivity contribution in [1.82, 2.24) is 0 Å². The van der Waals surface area contributed by atoms with E-state index in [1.807, 2.05) is 0 Å². The maximum Gasteiger partial charge on any atom is 0.420 e. The van der Waals surface area contributed by atoms with Crippen LogP contribution >= 0.6 is 0 Å². The van der Waals surface area contributed by atoms with Crippen molar-refractivity contribution in [3.8, 4) is 5.75 Å². The van der Waals surface area contributed by atoms with Crippen LogP contribution in [0.4, 0.5) is 13.2 Å². The summed E-state index contributed by atoms with van der Waals surface area (Å²) in [6.45, 7) is 3.39. The Morgan fingerprint density at radius 3 is 2.64 bits per heavy atom. The summed E-state index contributed by atoms with van der Waals surface area (Å²) in [6.07, 6.45) is -4.18. The Labute approximate surface area is 123 Å². The minimum Gasteiger partial charge on any atom is -0.425 e. The van der Waals surface area contributed by atoms with E-state index in [9.17, 15) is 22.8 Å². The molecular formula is C15H13F3O4. The Bertz CT molecular complexity index is 761. The molecule has 0 radical (unpaired) electrons. The molecule has 0 aliphatic carbocycles. The molecule has 0 aliphatic heterocycles. The highest BCUT2D eigenvalue weighted by atomic mass is 19.4. The van der Waals surface area contributed by atoms with Crippen LogP contribution in [0, 0.1) is 5.92 Å². The van der Waals surface area contributed by atoms with Crippen LogP contribution in [0.25, 0.3) is 11.0 Å². The number of para-hydroxylation sites is 1. The highest BCUT2D eigenvalue weighted by Gasteiger charge is 2.34. The van der Waals surface area contributed by atoms with Crippen molar-refractivity contribution < 1.29 is 27.1 Å². The van der Waals surface area contributed by atoms with Gasteiger partial charge in [-0.25, -0.2) is 4.79 Å². The molecule has 22 heavy (non-hydrogen) atoms. The lowest BCUT2D eigenvalue weighted by Gasteiger charge is -2.12. The van der Waals surface area contributed by atoms with Crippen molar-refractivity contribution in [3.05, 3.63) is 40.2 Å². The molecule has 0 bridgehead atoms. The van der Waals surface area contributed by atoms with Gasteiger partial charge < -0.3 is 9.15 Å². The van der Waals surface area contributed by atoms with Gasteiger partial charge in [-0.15, -0.1) is 0 Å². The van der Waals surface area contributed by atoms with Crippen molar-refractivity contribution in [2.45, 2.75) is 26.4 Å². The third kappa shape index (κ3) is 3.13. The number of carbonyl (C=O) groups is 1. The Kier molecular flexibility index (Phi) is 4.25. The van der Waals surface area contributed by atoms with Crippen LogP contribution in [-0.4, -0.2) is 5.97 Å². The largest absolute Gasteiger partial charge is 0.425 e. The van der Waals surface area contributed by atoms with E-state index in [2.05, 4.69) is 4.42 Å². The summed E-state index contributed by atoms with van der Waals surface area (Å²) in [5, 5.41) is -0.0777. The Hall–Kier alpha value is -2.31. The number of hydrogen-bond acceptors (Lipinski definition) is 4. The summed E-state index contributed by atoms with van der Waals surface area (Å²) in [5.74, 6) is -1.29. The van der Waals surface area contributed by atoms with E-state index >= 15 is 0 Å². The molecule has 7 heteroatoms. The number of alkyl halides is 3. The number of halogens is 3. The van der Waals surface area contributed by atoms with E-state index < -0.39 is 34.8 Å². The lowest BCUT2D eigenvalue weighted by molar-refractivity contribution is -0.138. The molecule has 1 aromatic heterocycles. The maximum atomic E-state index is 13.0. The van der Waals surface area contributed by atoms with Gasteiger partial charge in [0.25, 0.3) is 0 Å². The smallest absolute Gasteiger partial charge is 0.420 e. The van der Waals surface area contributed by atoms with Crippen molar-refractivity contribution in [1.29, 1.82) is 0 Å². The zero-order valence-corrected chi connectivity index (χ0v) is 11.9. The minimum absolute atomic E-state index is 0.0777. The molecule has 0 N–H and O–H groups in total. The molecule has 0 aliphatic rings. The molecule has 1 atom stereocenters. The van der Waals surface area contributed by atoms with E-state index in [1.165, 1.54) is 6.07 Å². The number of benzene rings is 1. The molecule has 0 saturated carbocycles. The average Bonchev–Trinajstić information content (AvgIpc) is 2.44. The zero-order chi connectivity index (χ0) is 16.5. The minimum atomic E-state index is -4.69. The third-order valence-corrected chi connectivity index (χ3v) is 3.26. The number of hydrogen-bond donors (Lipinski definition) is 0. The predicted octanol–water partition coefficient (Wildman–Crippen LogP) is 3.76. The van der Waals surface area contributed by atoms with E-state index in [-0.39, 0.29) is 11.1 Å². The fraction of sp³-hybridized carbons (Fsp3) is 0.333. The number of fused-ring (bicyclic) bond motifs is 1. The maximum absolute atomic E-state index is 13.0. The fourth-order valence-electron chi connectivity index (χ4n) is 1.84. The first-order valence-electron chi connectivity index (χ1n) is 6.59. The van der Waals surface area contributed by atoms with E-state index in [0.29, 0.717) is 6.42 Å². The molecule has 0 fully saturated rings. The number of rotatable bonds is 3. The van der Waals surface area contributed by atoms with Crippen LogP contribution in [0.1, 0.15) is 25.8 Å². The molecule has 0 saturated heterocycles. The Morgan fingerprint density at radius 2 is 2.05 bits per heavy atom. The normalized spacial score (nSPS) is 13.1. The summed E-state index contributed by atoms with van der Waals surface area (Å²) in [4.78, 5) is 23.3. The van der Waals surface area contributed by atoms with E-state index in [1.54, 1.807) is 13.8 Å². The van der Waals surface area contributed by atoms with Gasteiger partial charge >= 0.3 is 17.8 Å². The number of ether oxygens (including phenoxy) is 1. The van der Waals surface area contributed by atoms with Crippen molar-refractivity contribution in [2.75, 3.05) is 0 Å². The van der Waals surface area contributed by atoms with Crippen molar-refractivity contribution in [3.63, 3.8) is 0 Å². The lowest BCUT2D eigenvalue weighted by atomic mass is 10.1. The summed E-state index contributed by atoms with van der Waals surface area (Å²) in [7, 11) is 0. The topological polar surface area (TPSA) is 56.5 Å². The van der Waals surface area contributed by atoms with Gasteiger partial charge in [0.1, 0.15) is 5.75 Å². The van der Waals surface area contributed by atoms with Gasteiger partial charge in [-0.3, -0.25) is 4.79 Å². The monoisotopic (exact) mass is 314 g/mol. The quantitative estimate of drug-likeness (QED) is 0.639. The molecule has 2 rings (SSSR count). The molecule has 4 nitrogen and oxygen atoms in total.